The van der Waals surface area contributed by atoms with Crippen molar-refractivity contribution in [2.75, 3.05) is 32.8 Å². The van der Waals surface area contributed by atoms with Crippen LogP contribution in [-0.2, 0) is 12.8 Å². The van der Waals surface area contributed by atoms with Crippen molar-refractivity contribution in [1.29, 1.82) is 0 Å². The second-order valence-corrected chi connectivity index (χ2v) is 5.73. The second-order valence-electron chi connectivity index (χ2n) is 5.73. The maximum atomic E-state index is 5.68. The second kappa shape index (κ2) is 5.93. The molecule has 3 nitrogen and oxygen atoms in total. The molecule has 0 spiro atoms. The molecular weight excluding hydrogens is 236 g/mol. The van der Waals surface area contributed by atoms with Gasteiger partial charge in [0.05, 0.1) is 6.61 Å². The Hall–Kier alpha value is -1.06. The molecule has 0 amide bonds. The number of benzene rings is 1. The summed E-state index contributed by atoms with van der Waals surface area (Å²) in [6.45, 7) is 7.83. The monoisotopic (exact) mass is 260 g/mol. The topological polar surface area (TPSA) is 24.5 Å². The zero-order chi connectivity index (χ0) is 13.1. The molecule has 104 valence electrons. The largest absolute Gasteiger partial charge is 0.493 e. The Morgan fingerprint density at radius 1 is 1.32 bits per heavy atom. The summed E-state index contributed by atoms with van der Waals surface area (Å²) < 4.78 is 5.68. The Kier molecular flexibility index (Phi) is 4.04. The summed E-state index contributed by atoms with van der Waals surface area (Å²) in [6, 6.07) is 7.38. The lowest BCUT2D eigenvalue weighted by Crippen LogP contribution is -2.48. The Bertz CT molecular complexity index is 427. The first-order valence-corrected chi connectivity index (χ1v) is 7.52. The lowest BCUT2D eigenvalue weighted by molar-refractivity contribution is 0.183. The fraction of sp³-hybridized carbons (Fsp3) is 0.625. The van der Waals surface area contributed by atoms with Crippen LogP contribution in [0.5, 0.6) is 5.75 Å². The van der Waals surface area contributed by atoms with E-state index in [-0.39, 0.29) is 0 Å². The third kappa shape index (κ3) is 3.10. The third-order valence-corrected chi connectivity index (χ3v) is 4.28. The summed E-state index contributed by atoms with van der Waals surface area (Å²) in [6.07, 6.45) is 3.47. The van der Waals surface area contributed by atoms with Crippen molar-refractivity contribution in [2.24, 2.45) is 0 Å². The molecule has 1 aromatic rings. The summed E-state index contributed by atoms with van der Waals surface area (Å²) in [5, 5.41) is 3.42. The van der Waals surface area contributed by atoms with Crippen LogP contribution in [0, 0.1) is 0 Å². The normalized spacial score (nSPS) is 21.5. The van der Waals surface area contributed by atoms with Crippen LogP contribution in [-0.4, -0.2) is 43.7 Å². The molecule has 0 radical (unpaired) electrons. The van der Waals surface area contributed by atoms with Crippen LogP contribution in [0.2, 0.25) is 0 Å². The average molecular weight is 260 g/mol. The van der Waals surface area contributed by atoms with E-state index in [9.17, 15) is 0 Å². The quantitative estimate of drug-likeness (QED) is 0.897. The number of piperazine rings is 1. The lowest BCUT2D eigenvalue weighted by atomic mass is 9.99. The van der Waals surface area contributed by atoms with Crippen LogP contribution < -0.4 is 10.1 Å². The number of hydrogen-bond donors (Lipinski definition) is 1. The fourth-order valence-corrected chi connectivity index (χ4v) is 3.13. The Morgan fingerprint density at radius 3 is 3.00 bits per heavy atom. The number of fused-ring (bicyclic) bond motifs is 1. The standard InChI is InChI=1S/C16H24N2O/c1-13(18-8-6-17-7-9-18)11-14-4-5-16-15(12-14)3-2-10-19-16/h4-5,12-13,17H,2-3,6-11H2,1H3. The SMILES string of the molecule is CC(Cc1ccc2c(c1)CCCO2)N1CCNCC1. The Balaban J connectivity index is 1.65. The zero-order valence-electron chi connectivity index (χ0n) is 11.8. The van der Waals surface area contributed by atoms with E-state index >= 15 is 0 Å². The van der Waals surface area contributed by atoms with Crippen LogP contribution in [0.15, 0.2) is 18.2 Å². The van der Waals surface area contributed by atoms with Crippen molar-refractivity contribution in [1.82, 2.24) is 10.2 Å². The first-order chi connectivity index (χ1) is 9.33. The van der Waals surface area contributed by atoms with Gasteiger partial charge in [-0.05, 0) is 43.4 Å². The van der Waals surface area contributed by atoms with E-state index in [0.29, 0.717) is 6.04 Å². The van der Waals surface area contributed by atoms with E-state index in [1.807, 2.05) is 0 Å². The number of rotatable bonds is 3. The van der Waals surface area contributed by atoms with Crippen LogP contribution in [0.25, 0.3) is 0 Å². The molecule has 19 heavy (non-hydrogen) atoms. The minimum absolute atomic E-state index is 0.629. The molecule has 3 rings (SSSR count). The lowest BCUT2D eigenvalue weighted by Gasteiger charge is -2.33. The van der Waals surface area contributed by atoms with Gasteiger partial charge in [-0.1, -0.05) is 12.1 Å². The molecule has 1 fully saturated rings. The van der Waals surface area contributed by atoms with Crippen LogP contribution in [0.3, 0.4) is 0 Å². The van der Waals surface area contributed by atoms with Crippen LogP contribution in [0.1, 0.15) is 24.5 Å². The van der Waals surface area contributed by atoms with Gasteiger partial charge in [0, 0.05) is 32.2 Å². The van der Waals surface area contributed by atoms with Gasteiger partial charge in [0.15, 0.2) is 0 Å². The highest BCUT2D eigenvalue weighted by molar-refractivity contribution is 5.38. The maximum Gasteiger partial charge on any atom is 0.122 e. The van der Waals surface area contributed by atoms with Crippen molar-refractivity contribution in [3.05, 3.63) is 29.3 Å². The first kappa shape index (κ1) is 12.9. The van der Waals surface area contributed by atoms with Crippen molar-refractivity contribution in [2.45, 2.75) is 32.2 Å². The highest BCUT2D eigenvalue weighted by Crippen LogP contribution is 2.26. The maximum absolute atomic E-state index is 5.68. The molecule has 1 saturated heterocycles. The molecule has 0 bridgehead atoms. The van der Waals surface area contributed by atoms with Crippen molar-refractivity contribution < 1.29 is 4.74 Å². The number of ether oxygens (including phenoxy) is 1. The van der Waals surface area contributed by atoms with Gasteiger partial charge in [0.1, 0.15) is 5.75 Å². The molecule has 0 aliphatic carbocycles. The summed E-state index contributed by atoms with van der Waals surface area (Å²) in [7, 11) is 0. The van der Waals surface area contributed by atoms with E-state index in [2.05, 4.69) is 35.3 Å². The first-order valence-electron chi connectivity index (χ1n) is 7.52. The summed E-state index contributed by atoms with van der Waals surface area (Å²) in [5.74, 6) is 1.10. The van der Waals surface area contributed by atoms with Gasteiger partial charge in [0.25, 0.3) is 0 Å². The summed E-state index contributed by atoms with van der Waals surface area (Å²) in [4.78, 5) is 2.59. The molecular formula is C16H24N2O. The molecule has 2 aliphatic heterocycles. The molecule has 1 aromatic carbocycles. The fourth-order valence-electron chi connectivity index (χ4n) is 3.13. The molecule has 3 heteroatoms. The van der Waals surface area contributed by atoms with Gasteiger partial charge in [0.2, 0.25) is 0 Å². The highest BCUT2D eigenvalue weighted by Gasteiger charge is 2.17. The minimum Gasteiger partial charge on any atom is -0.493 e. The van der Waals surface area contributed by atoms with E-state index in [0.717, 1.165) is 38.3 Å². The molecule has 2 aliphatic rings. The van der Waals surface area contributed by atoms with Gasteiger partial charge >= 0.3 is 0 Å². The molecule has 1 atom stereocenters. The predicted molar refractivity (Wildman–Crippen MR) is 77.9 cm³/mol. The minimum atomic E-state index is 0.629. The predicted octanol–water partition coefficient (Wildman–Crippen LogP) is 1.85. The van der Waals surface area contributed by atoms with E-state index in [1.165, 1.54) is 30.6 Å². The van der Waals surface area contributed by atoms with E-state index < -0.39 is 0 Å². The Morgan fingerprint density at radius 2 is 2.16 bits per heavy atom. The third-order valence-electron chi connectivity index (χ3n) is 4.28. The zero-order valence-corrected chi connectivity index (χ0v) is 11.8. The van der Waals surface area contributed by atoms with Crippen molar-refractivity contribution in [3.8, 4) is 5.75 Å². The number of aryl methyl sites for hydroxylation is 1. The number of nitrogens with one attached hydrogen (secondary N) is 1. The van der Waals surface area contributed by atoms with Gasteiger partial charge in [-0.2, -0.15) is 0 Å². The molecule has 1 N–H and O–H groups in total. The van der Waals surface area contributed by atoms with Crippen molar-refractivity contribution in [3.63, 3.8) is 0 Å². The summed E-state index contributed by atoms with van der Waals surface area (Å²) >= 11 is 0. The number of hydrogen-bond acceptors (Lipinski definition) is 3. The van der Waals surface area contributed by atoms with Crippen LogP contribution >= 0.6 is 0 Å². The summed E-state index contributed by atoms with van der Waals surface area (Å²) in [5.41, 5.74) is 2.85. The van der Waals surface area contributed by atoms with E-state index in [4.69, 9.17) is 4.74 Å². The smallest absolute Gasteiger partial charge is 0.122 e. The average Bonchev–Trinajstić information content (AvgIpc) is 2.48. The molecule has 0 saturated carbocycles. The van der Waals surface area contributed by atoms with Gasteiger partial charge in [-0.3, -0.25) is 4.90 Å². The number of nitrogens with zero attached hydrogens (tertiary/aromatic N) is 1. The van der Waals surface area contributed by atoms with Gasteiger partial charge in [-0.25, -0.2) is 0 Å². The molecule has 0 aromatic heterocycles. The Labute approximate surface area is 115 Å². The van der Waals surface area contributed by atoms with Gasteiger partial charge in [-0.15, -0.1) is 0 Å². The van der Waals surface area contributed by atoms with Crippen molar-refractivity contribution >= 4 is 0 Å². The molecule has 1 unspecified atom stereocenters. The van der Waals surface area contributed by atoms with Crippen LogP contribution in [0.4, 0.5) is 0 Å². The van der Waals surface area contributed by atoms with E-state index in [1.54, 1.807) is 0 Å². The highest BCUT2D eigenvalue weighted by atomic mass is 16.5. The van der Waals surface area contributed by atoms with Gasteiger partial charge < -0.3 is 10.1 Å². The molecule has 2 heterocycles.